The highest BCUT2D eigenvalue weighted by atomic mass is 32.1. The molecule has 65 heavy (non-hydrogen) atoms. The molecule has 5 rings (SSSR count). The first-order valence-electron chi connectivity index (χ1n) is 21.8. The van der Waals surface area contributed by atoms with Gasteiger partial charge in [0.15, 0.2) is 38.8 Å². The Balaban J connectivity index is 1.37. The SMILES string of the molecule is COC(=O)c1nc(N(CCCCCNC(=O)OC(C)(C)C)c2cc(C)c(/N=c3\sc4ccccc4n3COCC[Si](C)(C)C)nn2)sc1CCCOc1ccc(C#CCN(C)C)cc1F. The number of para-hydroxylation sites is 1. The Kier molecular flexibility index (Phi) is 18.6. The number of anilines is 2. The number of nitrogens with one attached hydrogen (secondary N) is 1. The van der Waals surface area contributed by atoms with E-state index in [1.807, 2.05) is 69.8 Å². The number of alkyl carbamates (subject to hydrolysis) is 1. The molecule has 14 nitrogen and oxygen atoms in total. The van der Waals surface area contributed by atoms with Crippen LogP contribution in [0.5, 0.6) is 5.75 Å². The largest absolute Gasteiger partial charge is 0.491 e. The Morgan fingerprint density at radius 2 is 1.78 bits per heavy atom. The number of benzene rings is 2. The van der Waals surface area contributed by atoms with E-state index in [0.717, 1.165) is 39.5 Å². The highest BCUT2D eigenvalue weighted by Crippen LogP contribution is 2.34. The Labute approximate surface area is 391 Å². The third kappa shape index (κ3) is 16.0. The molecule has 0 bridgehead atoms. The molecule has 0 fully saturated rings. The van der Waals surface area contributed by atoms with Gasteiger partial charge in [-0.2, -0.15) is 4.99 Å². The van der Waals surface area contributed by atoms with Crippen LogP contribution in [0.4, 0.5) is 26.0 Å². The van der Waals surface area contributed by atoms with Crippen LogP contribution < -0.4 is 19.8 Å². The Bertz CT molecular complexity index is 2520. The Morgan fingerprint density at radius 3 is 2.49 bits per heavy atom. The van der Waals surface area contributed by atoms with Gasteiger partial charge < -0.3 is 29.2 Å². The summed E-state index contributed by atoms with van der Waals surface area (Å²) in [5.41, 5.74) is 2.02. The lowest BCUT2D eigenvalue weighted by atomic mass is 10.2. The van der Waals surface area contributed by atoms with Crippen molar-refractivity contribution >= 4 is 69.8 Å². The summed E-state index contributed by atoms with van der Waals surface area (Å²) in [7, 11) is 3.90. The molecule has 0 aliphatic heterocycles. The zero-order valence-corrected chi connectivity index (χ0v) is 42.0. The molecule has 3 aromatic heterocycles. The monoisotopic (exact) mass is 946 g/mol. The molecule has 0 unspecified atom stereocenters. The number of rotatable bonds is 21. The fourth-order valence-corrected chi connectivity index (χ4v) is 9.14. The van der Waals surface area contributed by atoms with E-state index in [-0.39, 0.29) is 18.1 Å². The van der Waals surface area contributed by atoms with Crippen molar-refractivity contribution in [2.24, 2.45) is 4.99 Å². The third-order valence-electron chi connectivity index (χ3n) is 9.62. The number of aromatic nitrogens is 4. The Hall–Kier alpha value is -5.19. The molecule has 0 atom stereocenters. The van der Waals surface area contributed by atoms with E-state index in [9.17, 15) is 14.0 Å². The number of unbranched alkanes of at least 4 members (excludes halogenated alkanes) is 2. The van der Waals surface area contributed by atoms with Gasteiger partial charge in [0.1, 0.15) is 12.3 Å². The summed E-state index contributed by atoms with van der Waals surface area (Å²) in [6.45, 7) is 17.2. The van der Waals surface area contributed by atoms with E-state index in [1.165, 1.54) is 24.5 Å². The van der Waals surface area contributed by atoms with Crippen molar-refractivity contribution in [1.82, 2.24) is 30.0 Å². The summed E-state index contributed by atoms with van der Waals surface area (Å²) in [5.74, 6) is 6.06. The number of ether oxygens (including phenoxy) is 4. The second-order valence-corrected chi connectivity index (χ2v) is 25.7. The van der Waals surface area contributed by atoms with Crippen LogP contribution >= 0.6 is 22.7 Å². The predicted molar refractivity (Wildman–Crippen MR) is 260 cm³/mol. The molecular formula is C47H63FN8O6S2Si. The highest BCUT2D eigenvalue weighted by Gasteiger charge is 2.24. The van der Waals surface area contributed by atoms with E-state index >= 15 is 0 Å². The number of hydrogen-bond acceptors (Lipinski definition) is 14. The number of carbonyl (C=O) groups excluding carboxylic acids is 2. The number of carbonyl (C=O) groups is 2. The molecule has 18 heteroatoms. The average molecular weight is 947 g/mol. The van der Waals surface area contributed by atoms with Crippen LogP contribution in [-0.4, -0.2) is 104 Å². The maximum Gasteiger partial charge on any atom is 0.407 e. The van der Waals surface area contributed by atoms with Crippen LogP contribution in [0, 0.1) is 24.6 Å². The van der Waals surface area contributed by atoms with Gasteiger partial charge in [0.2, 0.25) is 0 Å². The van der Waals surface area contributed by atoms with Crippen molar-refractivity contribution in [1.29, 1.82) is 0 Å². The number of fused-ring (bicyclic) bond motifs is 1. The summed E-state index contributed by atoms with van der Waals surface area (Å²) in [4.78, 5) is 40.5. The van der Waals surface area contributed by atoms with Gasteiger partial charge in [-0.05, 0) is 122 Å². The van der Waals surface area contributed by atoms with Crippen molar-refractivity contribution < 1.29 is 32.9 Å². The van der Waals surface area contributed by atoms with Crippen LogP contribution in [-0.2, 0) is 27.4 Å². The fourth-order valence-electron chi connectivity index (χ4n) is 6.24. The predicted octanol–water partition coefficient (Wildman–Crippen LogP) is 9.49. The molecule has 350 valence electrons. The van der Waals surface area contributed by atoms with Crippen molar-refractivity contribution in [3.05, 3.63) is 80.8 Å². The number of nitrogens with zero attached hydrogens (tertiary/aromatic N) is 7. The summed E-state index contributed by atoms with van der Waals surface area (Å²) in [5, 5.41) is 12.7. The minimum atomic E-state index is -1.26. The minimum absolute atomic E-state index is 0.130. The summed E-state index contributed by atoms with van der Waals surface area (Å²) >= 11 is 2.93. The quantitative estimate of drug-likeness (QED) is 0.0325. The molecule has 3 heterocycles. The molecule has 1 amide bonds. The fraction of sp³-hybridized carbons (Fsp3) is 0.489. The normalized spacial score (nSPS) is 12.0. The molecule has 0 radical (unpaired) electrons. The third-order valence-corrected chi connectivity index (χ3v) is 13.5. The lowest BCUT2D eigenvalue weighted by Crippen LogP contribution is -2.33. The van der Waals surface area contributed by atoms with Crippen molar-refractivity contribution in [2.75, 3.05) is 59.0 Å². The molecule has 1 N–H and O–H groups in total. The van der Waals surface area contributed by atoms with Crippen LogP contribution in [0.25, 0.3) is 10.2 Å². The van der Waals surface area contributed by atoms with Crippen molar-refractivity contribution in [3.8, 4) is 17.6 Å². The van der Waals surface area contributed by atoms with Gasteiger partial charge in [0, 0.05) is 38.2 Å². The molecule has 0 saturated carbocycles. The first kappa shape index (κ1) is 50.8. The number of hydrogen-bond donors (Lipinski definition) is 1. The zero-order chi connectivity index (χ0) is 47.1. The van der Waals surface area contributed by atoms with Crippen molar-refractivity contribution in [2.45, 2.75) is 97.8 Å². The number of esters is 1. The second-order valence-electron chi connectivity index (χ2n) is 18.0. The van der Waals surface area contributed by atoms with Gasteiger partial charge in [-0.15, -0.1) is 21.5 Å². The van der Waals surface area contributed by atoms with Gasteiger partial charge in [-0.3, -0.25) is 9.47 Å². The zero-order valence-electron chi connectivity index (χ0n) is 39.4. The van der Waals surface area contributed by atoms with E-state index in [1.54, 1.807) is 23.5 Å². The topological polar surface area (TPSA) is 146 Å². The molecule has 2 aromatic carbocycles. The smallest absolute Gasteiger partial charge is 0.407 e. The second kappa shape index (κ2) is 23.8. The standard InChI is InChI=1S/C47H63FN8O6S2Si/c1-33-30-40(52-53-42(33)51-45-56(32-60-28-29-65(8,9)10)36-19-12-13-20-38(36)63-45)55(26-15-11-14-24-49-46(58)62-47(2,3)4)44-50-41(43(57)59-7)39(64-44)21-17-27-61-37-23-22-34(31-35(37)48)18-16-25-54(5)6/h12-13,19-20,22-23,30-31H,11,14-15,17,21,24-29,32H2,1-10H3,(H,49,58)/b51-45-. The molecule has 5 aromatic rings. The van der Waals surface area contributed by atoms with Gasteiger partial charge in [-0.1, -0.05) is 55.0 Å². The molecule has 0 saturated heterocycles. The number of methoxy groups -OCH3 is 1. The number of halogens is 1. The Morgan fingerprint density at radius 1 is 1.00 bits per heavy atom. The van der Waals surface area contributed by atoms with Crippen molar-refractivity contribution in [3.63, 3.8) is 0 Å². The van der Waals surface area contributed by atoms with Crippen LogP contribution in [0.15, 0.2) is 53.5 Å². The summed E-state index contributed by atoms with van der Waals surface area (Å²) in [6, 6.07) is 15.8. The molecular weight excluding hydrogens is 884 g/mol. The van der Waals surface area contributed by atoms with Crippen LogP contribution in [0.2, 0.25) is 25.7 Å². The van der Waals surface area contributed by atoms with Gasteiger partial charge in [0.25, 0.3) is 0 Å². The average Bonchev–Trinajstić information content (AvgIpc) is 3.81. The van der Waals surface area contributed by atoms with Gasteiger partial charge in [0.05, 0.1) is 30.5 Å². The van der Waals surface area contributed by atoms with Gasteiger partial charge >= 0.3 is 12.1 Å². The number of thiazole rings is 2. The lowest BCUT2D eigenvalue weighted by Gasteiger charge is -2.21. The molecule has 0 spiro atoms. The van der Waals surface area contributed by atoms with Gasteiger partial charge in [-0.25, -0.2) is 19.0 Å². The molecule has 0 aliphatic carbocycles. The first-order valence-corrected chi connectivity index (χ1v) is 27.2. The lowest BCUT2D eigenvalue weighted by molar-refractivity contribution is 0.0525. The van der Waals surface area contributed by atoms with E-state index in [4.69, 9.17) is 28.9 Å². The summed E-state index contributed by atoms with van der Waals surface area (Å²) in [6.07, 6.45) is 2.67. The number of aryl methyl sites for hydroxylation is 2. The number of amides is 1. The summed E-state index contributed by atoms with van der Waals surface area (Å²) < 4.78 is 40.6. The maximum atomic E-state index is 14.9. The minimum Gasteiger partial charge on any atom is -0.491 e. The highest BCUT2D eigenvalue weighted by molar-refractivity contribution is 7.16. The van der Waals surface area contributed by atoms with Crippen LogP contribution in [0.1, 0.15) is 72.9 Å². The van der Waals surface area contributed by atoms with E-state index < -0.39 is 31.6 Å². The van der Waals surface area contributed by atoms with E-state index in [2.05, 4.69) is 63.7 Å². The molecule has 0 aliphatic rings. The first-order chi connectivity index (χ1) is 30.9. The van der Waals surface area contributed by atoms with Crippen LogP contribution in [0.3, 0.4) is 0 Å². The maximum absolute atomic E-state index is 14.9. The van der Waals surface area contributed by atoms with E-state index in [0.29, 0.717) is 79.4 Å².